The molecule has 1 saturated heterocycles. The SMILES string of the molecule is CC1CCCc2nc(CC3CCNC3)cn21. The highest BCUT2D eigenvalue weighted by molar-refractivity contribution is 5.09. The molecule has 0 aliphatic carbocycles. The van der Waals surface area contributed by atoms with E-state index in [0.717, 1.165) is 5.92 Å². The molecule has 2 aliphatic heterocycles. The zero-order valence-corrected chi connectivity index (χ0v) is 10.1. The highest BCUT2D eigenvalue weighted by Gasteiger charge is 2.21. The number of imidazole rings is 1. The number of nitrogens with one attached hydrogen (secondary N) is 1. The Morgan fingerprint density at radius 2 is 2.44 bits per heavy atom. The van der Waals surface area contributed by atoms with Crippen molar-refractivity contribution in [2.75, 3.05) is 13.1 Å². The Labute approximate surface area is 97.3 Å². The summed E-state index contributed by atoms with van der Waals surface area (Å²) in [5.41, 5.74) is 1.32. The molecule has 2 aliphatic rings. The van der Waals surface area contributed by atoms with Crippen LogP contribution in [0.1, 0.15) is 43.7 Å². The van der Waals surface area contributed by atoms with Crippen molar-refractivity contribution in [2.24, 2.45) is 5.92 Å². The fourth-order valence-electron chi connectivity index (χ4n) is 3.03. The molecular weight excluding hydrogens is 198 g/mol. The van der Waals surface area contributed by atoms with Gasteiger partial charge in [0.1, 0.15) is 5.82 Å². The highest BCUT2D eigenvalue weighted by Crippen LogP contribution is 2.25. The predicted molar refractivity (Wildman–Crippen MR) is 64.6 cm³/mol. The van der Waals surface area contributed by atoms with Crippen LogP contribution in [0.4, 0.5) is 0 Å². The lowest BCUT2D eigenvalue weighted by molar-refractivity contribution is 0.425. The predicted octanol–water partition coefficient (Wildman–Crippen LogP) is 1.93. The van der Waals surface area contributed by atoms with Crippen LogP contribution in [0.15, 0.2) is 6.20 Å². The Bertz CT molecular complexity index is 363. The second-order valence-electron chi connectivity index (χ2n) is 5.36. The molecule has 0 amide bonds. The van der Waals surface area contributed by atoms with Crippen molar-refractivity contribution < 1.29 is 0 Å². The van der Waals surface area contributed by atoms with E-state index in [1.165, 1.54) is 56.7 Å². The fraction of sp³-hybridized carbons (Fsp3) is 0.769. The lowest BCUT2D eigenvalue weighted by Gasteiger charge is -2.20. The van der Waals surface area contributed by atoms with Gasteiger partial charge in [0.05, 0.1) is 5.69 Å². The first-order valence-electron chi connectivity index (χ1n) is 6.60. The van der Waals surface area contributed by atoms with Crippen molar-refractivity contribution in [3.63, 3.8) is 0 Å². The number of hydrogen-bond acceptors (Lipinski definition) is 2. The molecule has 3 heterocycles. The van der Waals surface area contributed by atoms with E-state index in [0.29, 0.717) is 6.04 Å². The van der Waals surface area contributed by atoms with Crippen molar-refractivity contribution in [2.45, 2.75) is 45.1 Å². The number of nitrogens with zero attached hydrogens (tertiary/aromatic N) is 2. The van der Waals surface area contributed by atoms with Gasteiger partial charge in [0, 0.05) is 18.7 Å². The van der Waals surface area contributed by atoms with Crippen LogP contribution >= 0.6 is 0 Å². The lowest BCUT2D eigenvalue weighted by atomic mass is 10.0. The Morgan fingerprint density at radius 1 is 1.50 bits per heavy atom. The van der Waals surface area contributed by atoms with Gasteiger partial charge in [-0.15, -0.1) is 0 Å². The average Bonchev–Trinajstić information content (AvgIpc) is 2.88. The van der Waals surface area contributed by atoms with E-state index < -0.39 is 0 Å². The number of aryl methyl sites for hydroxylation is 1. The second-order valence-corrected chi connectivity index (χ2v) is 5.36. The molecule has 3 heteroatoms. The van der Waals surface area contributed by atoms with Crippen molar-refractivity contribution in [3.05, 3.63) is 17.7 Å². The van der Waals surface area contributed by atoms with Crippen LogP contribution in [0.25, 0.3) is 0 Å². The smallest absolute Gasteiger partial charge is 0.109 e. The summed E-state index contributed by atoms with van der Waals surface area (Å²) in [7, 11) is 0. The van der Waals surface area contributed by atoms with Gasteiger partial charge in [0.15, 0.2) is 0 Å². The van der Waals surface area contributed by atoms with Gasteiger partial charge in [-0.3, -0.25) is 0 Å². The molecule has 3 nitrogen and oxygen atoms in total. The van der Waals surface area contributed by atoms with E-state index in [-0.39, 0.29) is 0 Å². The number of hydrogen-bond donors (Lipinski definition) is 1. The monoisotopic (exact) mass is 219 g/mol. The van der Waals surface area contributed by atoms with E-state index in [1.807, 2.05) is 0 Å². The first-order chi connectivity index (χ1) is 7.83. The van der Waals surface area contributed by atoms with E-state index in [9.17, 15) is 0 Å². The molecule has 0 saturated carbocycles. The Balaban J connectivity index is 1.75. The van der Waals surface area contributed by atoms with Crippen molar-refractivity contribution in [1.29, 1.82) is 0 Å². The summed E-state index contributed by atoms with van der Waals surface area (Å²) in [6, 6.07) is 0.659. The Morgan fingerprint density at radius 3 is 3.19 bits per heavy atom. The quantitative estimate of drug-likeness (QED) is 0.823. The largest absolute Gasteiger partial charge is 0.332 e. The first kappa shape index (κ1) is 10.3. The minimum absolute atomic E-state index is 0.659. The Kier molecular flexibility index (Phi) is 2.72. The van der Waals surface area contributed by atoms with Crippen molar-refractivity contribution >= 4 is 0 Å². The summed E-state index contributed by atoms with van der Waals surface area (Å²) in [4.78, 5) is 4.80. The molecule has 0 spiro atoms. The van der Waals surface area contributed by atoms with Gasteiger partial charge >= 0.3 is 0 Å². The van der Waals surface area contributed by atoms with Gasteiger partial charge in [0.2, 0.25) is 0 Å². The van der Waals surface area contributed by atoms with Crippen LogP contribution in [0.3, 0.4) is 0 Å². The maximum absolute atomic E-state index is 4.80. The van der Waals surface area contributed by atoms with Crippen molar-refractivity contribution in [1.82, 2.24) is 14.9 Å². The third kappa shape index (κ3) is 1.88. The maximum atomic E-state index is 4.80. The molecule has 1 fully saturated rings. The van der Waals surface area contributed by atoms with Crippen molar-refractivity contribution in [3.8, 4) is 0 Å². The van der Waals surface area contributed by atoms with Crippen LogP contribution < -0.4 is 5.32 Å². The van der Waals surface area contributed by atoms with Gasteiger partial charge in [-0.25, -0.2) is 4.98 Å². The van der Waals surface area contributed by atoms with E-state index in [4.69, 9.17) is 4.98 Å². The van der Waals surface area contributed by atoms with Crippen LogP contribution in [-0.4, -0.2) is 22.6 Å². The second kappa shape index (κ2) is 4.21. The maximum Gasteiger partial charge on any atom is 0.109 e. The third-order valence-electron chi connectivity index (χ3n) is 4.02. The van der Waals surface area contributed by atoms with E-state index >= 15 is 0 Å². The molecule has 0 bridgehead atoms. The third-order valence-corrected chi connectivity index (χ3v) is 4.02. The molecule has 1 aromatic rings. The van der Waals surface area contributed by atoms with E-state index in [2.05, 4.69) is 23.0 Å². The molecule has 1 N–H and O–H groups in total. The van der Waals surface area contributed by atoms with E-state index in [1.54, 1.807) is 0 Å². The van der Waals surface area contributed by atoms with Crippen LogP contribution in [0.5, 0.6) is 0 Å². The zero-order chi connectivity index (χ0) is 11.0. The van der Waals surface area contributed by atoms with Crippen LogP contribution in [-0.2, 0) is 12.8 Å². The highest BCUT2D eigenvalue weighted by atomic mass is 15.1. The molecule has 2 unspecified atom stereocenters. The number of rotatable bonds is 2. The minimum Gasteiger partial charge on any atom is -0.332 e. The molecule has 2 atom stereocenters. The normalized spacial score (nSPS) is 29.3. The molecule has 0 aromatic carbocycles. The molecule has 16 heavy (non-hydrogen) atoms. The van der Waals surface area contributed by atoms with Gasteiger partial charge in [-0.05, 0) is 51.6 Å². The first-order valence-corrected chi connectivity index (χ1v) is 6.60. The van der Waals surface area contributed by atoms with Gasteiger partial charge in [-0.2, -0.15) is 0 Å². The van der Waals surface area contributed by atoms with Crippen LogP contribution in [0.2, 0.25) is 0 Å². The topological polar surface area (TPSA) is 29.9 Å². The van der Waals surface area contributed by atoms with Crippen LogP contribution in [0, 0.1) is 5.92 Å². The van der Waals surface area contributed by atoms with Gasteiger partial charge in [-0.1, -0.05) is 0 Å². The summed E-state index contributed by atoms with van der Waals surface area (Å²) in [6.45, 7) is 4.68. The average molecular weight is 219 g/mol. The summed E-state index contributed by atoms with van der Waals surface area (Å²) in [5.74, 6) is 2.13. The van der Waals surface area contributed by atoms with Gasteiger partial charge < -0.3 is 9.88 Å². The number of aromatic nitrogens is 2. The molecular formula is C13H21N3. The molecule has 88 valence electrons. The summed E-state index contributed by atoms with van der Waals surface area (Å²) < 4.78 is 2.40. The Hall–Kier alpha value is -0.830. The molecule has 3 rings (SSSR count). The summed E-state index contributed by atoms with van der Waals surface area (Å²) >= 11 is 0. The lowest BCUT2D eigenvalue weighted by Crippen LogP contribution is -2.14. The standard InChI is InChI=1S/C13H21N3/c1-10-3-2-4-13-15-12(9-16(10)13)7-11-5-6-14-8-11/h9-11,14H,2-8H2,1H3. The van der Waals surface area contributed by atoms with Gasteiger partial charge in [0.25, 0.3) is 0 Å². The summed E-state index contributed by atoms with van der Waals surface area (Å²) in [5, 5.41) is 3.43. The number of fused-ring (bicyclic) bond motifs is 1. The minimum atomic E-state index is 0.659. The zero-order valence-electron chi connectivity index (χ0n) is 10.1. The molecule has 0 radical (unpaired) electrons. The fourth-order valence-corrected chi connectivity index (χ4v) is 3.03. The summed E-state index contributed by atoms with van der Waals surface area (Å²) in [6.07, 6.45) is 8.58. The molecule has 1 aromatic heterocycles.